The average molecular weight is 212 g/mol. The number of carboxylic acids is 1. The van der Waals surface area contributed by atoms with Gasteiger partial charge >= 0.3 is 5.97 Å². The molecule has 2 saturated carbocycles. The maximum absolute atomic E-state index is 12.0. The lowest BCUT2D eigenvalue weighted by Crippen LogP contribution is -2.47. The minimum atomic E-state index is -0.983. The zero-order valence-electron chi connectivity index (χ0n) is 8.82. The van der Waals surface area contributed by atoms with E-state index in [-0.39, 0.29) is 18.0 Å². The van der Waals surface area contributed by atoms with Crippen molar-refractivity contribution >= 4 is 11.9 Å². The number of carbonyl (C=O) groups excluding carboxylic acids is 1. The van der Waals surface area contributed by atoms with Gasteiger partial charge in [-0.3, -0.25) is 9.59 Å². The van der Waals surface area contributed by atoms with E-state index in [0.717, 1.165) is 25.7 Å². The predicted octanol–water partition coefficient (Wildman–Crippen LogP) is -0.199. The molecule has 0 radical (unpaired) electrons. The number of carbonyl (C=O) groups is 2. The number of aliphatic carboxylic acids is 1. The highest BCUT2D eigenvalue weighted by Crippen LogP contribution is 2.63. The van der Waals surface area contributed by atoms with Gasteiger partial charge < -0.3 is 15.7 Å². The van der Waals surface area contributed by atoms with Gasteiger partial charge in [0.05, 0.1) is 5.41 Å². The Balaban J connectivity index is 2.05. The number of carboxylic acid groups (broad SMARTS) is 1. The first kappa shape index (κ1) is 10.4. The van der Waals surface area contributed by atoms with E-state index in [1.165, 1.54) is 11.9 Å². The van der Waals surface area contributed by atoms with E-state index < -0.39 is 11.4 Å². The molecule has 1 amide bonds. The average Bonchev–Trinajstić information content (AvgIpc) is 2.96. The van der Waals surface area contributed by atoms with E-state index >= 15 is 0 Å². The van der Waals surface area contributed by atoms with Crippen LogP contribution < -0.4 is 5.73 Å². The first-order chi connectivity index (χ1) is 6.91. The monoisotopic (exact) mass is 212 g/mol. The van der Waals surface area contributed by atoms with Gasteiger partial charge in [0.2, 0.25) is 5.91 Å². The number of amides is 1. The van der Waals surface area contributed by atoms with Crippen molar-refractivity contribution < 1.29 is 14.7 Å². The molecule has 0 aromatic heterocycles. The SMILES string of the molecule is CN(CC(=O)O)C(=O)C1(C2(N)CC2)CC1. The molecule has 0 aromatic carbocycles. The molecule has 0 aromatic rings. The van der Waals surface area contributed by atoms with Crippen LogP contribution in [0.25, 0.3) is 0 Å². The normalized spacial score (nSPS) is 24.4. The topological polar surface area (TPSA) is 83.6 Å². The minimum Gasteiger partial charge on any atom is -0.480 e. The van der Waals surface area contributed by atoms with E-state index in [4.69, 9.17) is 10.8 Å². The third kappa shape index (κ3) is 1.51. The molecule has 0 atom stereocenters. The summed E-state index contributed by atoms with van der Waals surface area (Å²) in [7, 11) is 1.53. The number of hydrogen-bond donors (Lipinski definition) is 2. The van der Waals surface area contributed by atoms with E-state index in [9.17, 15) is 9.59 Å². The molecule has 5 heteroatoms. The zero-order chi connectivity index (χ0) is 11.3. The van der Waals surface area contributed by atoms with Crippen LogP contribution in [0.4, 0.5) is 0 Å². The van der Waals surface area contributed by atoms with Crippen molar-refractivity contribution in [3.05, 3.63) is 0 Å². The predicted molar refractivity (Wildman–Crippen MR) is 53.1 cm³/mol. The van der Waals surface area contributed by atoms with Gasteiger partial charge in [-0.1, -0.05) is 0 Å². The minimum absolute atomic E-state index is 0.0927. The Labute approximate surface area is 88.2 Å². The highest BCUT2D eigenvalue weighted by atomic mass is 16.4. The molecule has 0 bridgehead atoms. The fourth-order valence-corrected chi connectivity index (χ4v) is 2.30. The van der Waals surface area contributed by atoms with Gasteiger partial charge in [0.25, 0.3) is 0 Å². The Morgan fingerprint density at radius 1 is 1.33 bits per heavy atom. The highest BCUT2D eigenvalue weighted by molar-refractivity contribution is 5.89. The van der Waals surface area contributed by atoms with Crippen LogP contribution in [0.15, 0.2) is 0 Å². The van der Waals surface area contributed by atoms with Crippen LogP contribution in [-0.2, 0) is 9.59 Å². The number of hydrogen-bond acceptors (Lipinski definition) is 3. The van der Waals surface area contributed by atoms with Gasteiger partial charge in [0, 0.05) is 12.6 Å². The number of nitrogens with zero attached hydrogens (tertiary/aromatic N) is 1. The van der Waals surface area contributed by atoms with Gasteiger partial charge in [-0.25, -0.2) is 0 Å². The summed E-state index contributed by atoms with van der Waals surface area (Å²) in [5.74, 6) is -1.08. The Morgan fingerprint density at radius 3 is 2.20 bits per heavy atom. The van der Waals surface area contributed by atoms with E-state index in [2.05, 4.69) is 0 Å². The standard InChI is InChI=1S/C10H16N2O3/c1-12(6-7(13)14)8(15)9(2-3-9)10(11)4-5-10/h2-6,11H2,1H3,(H,13,14). The Morgan fingerprint density at radius 2 is 1.87 bits per heavy atom. The van der Waals surface area contributed by atoms with Crippen molar-refractivity contribution in [2.45, 2.75) is 31.2 Å². The number of rotatable bonds is 4. The molecule has 0 spiro atoms. The van der Waals surface area contributed by atoms with Crippen LogP contribution >= 0.6 is 0 Å². The molecule has 0 unspecified atom stereocenters. The maximum atomic E-state index is 12.0. The van der Waals surface area contributed by atoms with Crippen LogP contribution in [0.5, 0.6) is 0 Å². The smallest absolute Gasteiger partial charge is 0.323 e. The third-order valence-electron chi connectivity index (χ3n) is 3.62. The van der Waals surface area contributed by atoms with Crippen LogP contribution in [-0.4, -0.2) is 41.0 Å². The summed E-state index contributed by atoms with van der Waals surface area (Å²) in [4.78, 5) is 23.8. The van der Waals surface area contributed by atoms with Crippen LogP contribution in [0.1, 0.15) is 25.7 Å². The lowest BCUT2D eigenvalue weighted by molar-refractivity contribution is -0.146. The molecule has 84 valence electrons. The second-order valence-electron chi connectivity index (χ2n) is 4.79. The first-order valence-corrected chi connectivity index (χ1v) is 5.18. The molecule has 2 aliphatic carbocycles. The van der Waals surface area contributed by atoms with Crippen molar-refractivity contribution in [2.24, 2.45) is 11.1 Å². The molecule has 0 saturated heterocycles. The van der Waals surface area contributed by atoms with Gasteiger partial charge in [-0.05, 0) is 25.7 Å². The van der Waals surface area contributed by atoms with Gasteiger partial charge in [0.1, 0.15) is 6.54 Å². The van der Waals surface area contributed by atoms with Crippen LogP contribution in [0.2, 0.25) is 0 Å². The van der Waals surface area contributed by atoms with Crippen molar-refractivity contribution in [1.29, 1.82) is 0 Å². The molecular formula is C10H16N2O3. The molecule has 15 heavy (non-hydrogen) atoms. The fraction of sp³-hybridized carbons (Fsp3) is 0.800. The summed E-state index contributed by atoms with van der Waals surface area (Å²) in [5.41, 5.74) is 5.29. The fourth-order valence-electron chi connectivity index (χ4n) is 2.30. The van der Waals surface area contributed by atoms with Gasteiger partial charge in [0.15, 0.2) is 0 Å². The molecule has 2 fully saturated rings. The number of likely N-dealkylation sites (N-methyl/N-ethyl adjacent to an activating group) is 1. The van der Waals surface area contributed by atoms with E-state index in [0.29, 0.717) is 0 Å². The molecular weight excluding hydrogens is 196 g/mol. The van der Waals surface area contributed by atoms with Crippen molar-refractivity contribution in [2.75, 3.05) is 13.6 Å². The zero-order valence-corrected chi connectivity index (χ0v) is 8.82. The van der Waals surface area contributed by atoms with Gasteiger partial charge in [-0.2, -0.15) is 0 Å². The molecule has 2 aliphatic rings. The Hall–Kier alpha value is -1.10. The first-order valence-electron chi connectivity index (χ1n) is 5.18. The van der Waals surface area contributed by atoms with Crippen molar-refractivity contribution in [1.82, 2.24) is 4.90 Å². The Bertz CT molecular complexity index is 319. The second-order valence-corrected chi connectivity index (χ2v) is 4.79. The van der Waals surface area contributed by atoms with E-state index in [1.54, 1.807) is 0 Å². The lowest BCUT2D eigenvalue weighted by atomic mass is 9.93. The summed E-state index contributed by atoms with van der Waals surface area (Å²) >= 11 is 0. The molecule has 3 N–H and O–H groups in total. The van der Waals surface area contributed by atoms with Gasteiger partial charge in [-0.15, -0.1) is 0 Å². The molecule has 5 nitrogen and oxygen atoms in total. The van der Waals surface area contributed by atoms with Crippen molar-refractivity contribution in [3.8, 4) is 0 Å². The maximum Gasteiger partial charge on any atom is 0.323 e. The second kappa shape index (κ2) is 2.95. The molecule has 0 heterocycles. The van der Waals surface area contributed by atoms with Crippen molar-refractivity contribution in [3.63, 3.8) is 0 Å². The van der Waals surface area contributed by atoms with Crippen LogP contribution in [0.3, 0.4) is 0 Å². The summed E-state index contributed by atoms with van der Waals surface area (Å²) in [6.45, 7) is -0.239. The van der Waals surface area contributed by atoms with E-state index in [1.807, 2.05) is 0 Å². The summed E-state index contributed by atoms with van der Waals surface area (Å²) in [5, 5.41) is 8.61. The molecule has 2 rings (SSSR count). The largest absolute Gasteiger partial charge is 0.480 e. The summed E-state index contributed by atoms with van der Waals surface area (Å²) in [6.07, 6.45) is 3.40. The van der Waals surface area contributed by atoms with Crippen LogP contribution in [0, 0.1) is 5.41 Å². The number of nitrogens with two attached hydrogens (primary N) is 1. The summed E-state index contributed by atoms with van der Waals surface area (Å²) < 4.78 is 0. The quantitative estimate of drug-likeness (QED) is 0.676. The third-order valence-corrected chi connectivity index (χ3v) is 3.62. The highest BCUT2D eigenvalue weighted by Gasteiger charge is 2.68. The Kier molecular flexibility index (Phi) is 2.05. The summed E-state index contributed by atoms with van der Waals surface area (Å²) in [6, 6.07) is 0. The lowest BCUT2D eigenvalue weighted by Gasteiger charge is -2.26. The molecule has 0 aliphatic heterocycles.